The van der Waals surface area contributed by atoms with Crippen LogP contribution in [0, 0.1) is 3.57 Å². The van der Waals surface area contributed by atoms with Gasteiger partial charge in [0.2, 0.25) is 0 Å². The third-order valence-electron chi connectivity index (χ3n) is 2.88. The Morgan fingerprint density at radius 3 is 2.52 bits per heavy atom. The van der Waals surface area contributed by atoms with E-state index in [1.54, 1.807) is 49.4 Å². The van der Waals surface area contributed by atoms with Crippen molar-refractivity contribution in [2.75, 3.05) is 5.32 Å². The van der Waals surface area contributed by atoms with E-state index in [0.717, 1.165) is 9.13 Å². The number of nitrogens with zero attached hydrogens (tertiary/aromatic N) is 1. The molecule has 2 rings (SSSR count). The van der Waals surface area contributed by atoms with Gasteiger partial charge in [-0.1, -0.05) is 28.9 Å². The third kappa shape index (κ3) is 3.95. The fraction of sp³-hybridized carbons (Fsp3) is 0.0667. The van der Waals surface area contributed by atoms with Gasteiger partial charge in [0.25, 0.3) is 5.91 Å². The molecule has 21 heavy (non-hydrogen) atoms. The molecule has 0 fully saturated rings. The predicted molar refractivity (Wildman–Crippen MR) is 92.6 cm³/mol. The predicted octanol–water partition coefficient (Wildman–Crippen LogP) is 4.40. The van der Waals surface area contributed by atoms with Gasteiger partial charge in [0.1, 0.15) is 0 Å². The maximum atomic E-state index is 12.2. The third-order valence-corrected chi connectivity index (χ3v) is 4.06. The molecule has 0 atom stereocenters. The summed E-state index contributed by atoms with van der Waals surface area (Å²) in [5, 5.41) is 15.2. The smallest absolute Gasteiger partial charge is 0.256 e. The number of hydrogen-bond donors (Lipinski definition) is 2. The molecule has 1 amide bonds. The van der Waals surface area contributed by atoms with Crippen molar-refractivity contribution < 1.29 is 10.0 Å². The molecule has 4 nitrogen and oxygen atoms in total. The number of nitrogens with one attached hydrogen (secondary N) is 1. The molecule has 0 aromatic heterocycles. The molecule has 0 bridgehead atoms. The van der Waals surface area contributed by atoms with Crippen LogP contribution in [0.3, 0.4) is 0 Å². The molecule has 0 unspecified atom stereocenters. The van der Waals surface area contributed by atoms with Gasteiger partial charge < -0.3 is 10.5 Å². The van der Waals surface area contributed by atoms with Gasteiger partial charge in [-0.15, -0.1) is 0 Å². The molecule has 0 aliphatic heterocycles. The van der Waals surface area contributed by atoms with Crippen molar-refractivity contribution in [2.24, 2.45) is 5.16 Å². The van der Waals surface area contributed by atoms with Gasteiger partial charge in [-0.3, -0.25) is 4.79 Å². The highest BCUT2D eigenvalue weighted by molar-refractivity contribution is 14.1. The molecule has 0 aliphatic carbocycles. The lowest BCUT2D eigenvalue weighted by Gasteiger charge is -2.08. The average Bonchev–Trinajstić information content (AvgIpc) is 2.49. The largest absolute Gasteiger partial charge is 0.411 e. The summed E-state index contributed by atoms with van der Waals surface area (Å²) >= 11 is 8.01. The molecule has 2 aromatic carbocycles. The van der Waals surface area contributed by atoms with E-state index >= 15 is 0 Å². The van der Waals surface area contributed by atoms with Gasteiger partial charge in [-0.2, -0.15) is 0 Å². The van der Waals surface area contributed by atoms with Crippen molar-refractivity contribution in [3.05, 3.63) is 62.2 Å². The lowest BCUT2D eigenvalue weighted by molar-refractivity contribution is 0.102. The Hall–Kier alpha value is -1.60. The molecule has 0 radical (unpaired) electrons. The average molecular weight is 415 g/mol. The zero-order valence-electron chi connectivity index (χ0n) is 11.1. The fourth-order valence-corrected chi connectivity index (χ4v) is 2.47. The lowest BCUT2D eigenvalue weighted by Crippen LogP contribution is -2.13. The number of rotatable bonds is 3. The summed E-state index contributed by atoms with van der Waals surface area (Å²) in [6, 6.07) is 12.2. The molecular formula is C15H12ClIN2O2. The van der Waals surface area contributed by atoms with Gasteiger partial charge in [0.15, 0.2) is 0 Å². The van der Waals surface area contributed by atoms with Crippen molar-refractivity contribution in [3.63, 3.8) is 0 Å². The van der Waals surface area contributed by atoms with Crippen LogP contribution in [0.1, 0.15) is 22.8 Å². The fourth-order valence-electron chi connectivity index (χ4n) is 1.72. The normalized spacial score (nSPS) is 11.3. The molecule has 2 aromatic rings. The lowest BCUT2D eigenvalue weighted by atomic mass is 10.1. The highest BCUT2D eigenvalue weighted by Gasteiger charge is 2.11. The first kappa shape index (κ1) is 15.8. The summed E-state index contributed by atoms with van der Waals surface area (Å²) in [5.74, 6) is -0.220. The summed E-state index contributed by atoms with van der Waals surface area (Å²) in [6.45, 7) is 1.70. The van der Waals surface area contributed by atoms with Gasteiger partial charge in [0, 0.05) is 14.3 Å². The van der Waals surface area contributed by atoms with E-state index in [1.165, 1.54) is 0 Å². The SMILES string of the molecule is C/C(=N/O)c1ccc(NC(=O)c2cc(Cl)ccc2I)cc1. The van der Waals surface area contributed by atoms with Crippen LogP contribution in [0.2, 0.25) is 5.02 Å². The molecule has 0 saturated heterocycles. The summed E-state index contributed by atoms with van der Waals surface area (Å²) in [5.41, 5.74) is 2.48. The van der Waals surface area contributed by atoms with Crippen molar-refractivity contribution in [1.29, 1.82) is 0 Å². The van der Waals surface area contributed by atoms with Crippen molar-refractivity contribution in [3.8, 4) is 0 Å². The standard InChI is InChI=1S/C15H12ClIN2O2/c1-9(19-21)10-2-5-12(6-3-10)18-15(20)13-8-11(16)4-7-14(13)17/h2-8,21H,1H3,(H,18,20)/b19-9-. The van der Waals surface area contributed by atoms with Gasteiger partial charge in [-0.25, -0.2) is 0 Å². The Morgan fingerprint density at radius 2 is 1.90 bits per heavy atom. The molecule has 0 heterocycles. The highest BCUT2D eigenvalue weighted by atomic mass is 127. The van der Waals surface area contributed by atoms with E-state index in [4.69, 9.17) is 16.8 Å². The minimum Gasteiger partial charge on any atom is -0.411 e. The molecule has 108 valence electrons. The second-order valence-corrected chi connectivity index (χ2v) is 5.94. The van der Waals surface area contributed by atoms with E-state index in [-0.39, 0.29) is 5.91 Å². The Labute approximate surface area is 141 Å². The Kier molecular flexibility index (Phi) is 5.19. The van der Waals surface area contributed by atoms with Crippen LogP contribution in [0.4, 0.5) is 5.69 Å². The van der Waals surface area contributed by atoms with Crippen molar-refractivity contribution >= 4 is 51.5 Å². The first-order chi connectivity index (χ1) is 10.0. The zero-order valence-corrected chi connectivity index (χ0v) is 14.0. The Morgan fingerprint density at radius 1 is 1.24 bits per heavy atom. The molecule has 0 aliphatic rings. The van der Waals surface area contributed by atoms with E-state index in [9.17, 15) is 4.79 Å². The number of amides is 1. The second-order valence-electron chi connectivity index (χ2n) is 4.34. The summed E-state index contributed by atoms with van der Waals surface area (Å²) in [4.78, 5) is 12.2. The number of benzene rings is 2. The van der Waals surface area contributed by atoms with Crippen LogP contribution in [0.15, 0.2) is 47.6 Å². The number of hydrogen-bond acceptors (Lipinski definition) is 3. The van der Waals surface area contributed by atoms with Crippen molar-refractivity contribution in [2.45, 2.75) is 6.92 Å². The summed E-state index contributed by atoms with van der Waals surface area (Å²) in [7, 11) is 0. The second kappa shape index (κ2) is 6.91. The Balaban J connectivity index is 2.18. The van der Waals surface area contributed by atoms with Crippen LogP contribution >= 0.6 is 34.2 Å². The van der Waals surface area contributed by atoms with Crippen LogP contribution in [0.5, 0.6) is 0 Å². The van der Waals surface area contributed by atoms with Gasteiger partial charge >= 0.3 is 0 Å². The summed E-state index contributed by atoms with van der Waals surface area (Å²) in [6.07, 6.45) is 0. The molecular weight excluding hydrogens is 403 g/mol. The molecule has 0 saturated carbocycles. The van der Waals surface area contributed by atoms with Gasteiger partial charge in [-0.05, 0) is 65.4 Å². The minimum absolute atomic E-state index is 0.220. The monoisotopic (exact) mass is 414 g/mol. The van der Waals surface area contributed by atoms with Crippen LogP contribution in [0.25, 0.3) is 0 Å². The topological polar surface area (TPSA) is 61.7 Å². The maximum Gasteiger partial charge on any atom is 0.256 e. The molecule has 0 spiro atoms. The molecule has 2 N–H and O–H groups in total. The number of halogens is 2. The van der Waals surface area contributed by atoms with E-state index in [2.05, 4.69) is 33.1 Å². The van der Waals surface area contributed by atoms with E-state index in [0.29, 0.717) is 22.0 Å². The quantitative estimate of drug-likeness (QED) is 0.338. The van der Waals surface area contributed by atoms with Crippen LogP contribution in [-0.4, -0.2) is 16.8 Å². The zero-order chi connectivity index (χ0) is 15.4. The van der Waals surface area contributed by atoms with Gasteiger partial charge in [0.05, 0.1) is 11.3 Å². The number of oxime groups is 1. The summed E-state index contributed by atoms with van der Waals surface area (Å²) < 4.78 is 0.828. The maximum absolute atomic E-state index is 12.2. The van der Waals surface area contributed by atoms with Crippen LogP contribution in [-0.2, 0) is 0 Å². The highest BCUT2D eigenvalue weighted by Crippen LogP contribution is 2.19. The first-order valence-corrected chi connectivity index (χ1v) is 7.52. The Bertz CT molecular complexity index is 699. The number of carbonyl (C=O) groups excluding carboxylic acids is 1. The van der Waals surface area contributed by atoms with E-state index in [1.807, 2.05) is 0 Å². The minimum atomic E-state index is -0.220. The van der Waals surface area contributed by atoms with Crippen LogP contribution < -0.4 is 5.32 Å². The van der Waals surface area contributed by atoms with Crippen molar-refractivity contribution in [1.82, 2.24) is 0 Å². The van der Waals surface area contributed by atoms with E-state index < -0.39 is 0 Å². The molecule has 6 heteroatoms. The first-order valence-electron chi connectivity index (χ1n) is 6.07. The number of carbonyl (C=O) groups is 1. The number of anilines is 1.